The van der Waals surface area contributed by atoms with Crippen molar-refractivity contribution in [2.24, 2.45) is 0 Å². The molecule has 0 amide bonds. The number of H-pyrrole nitrogens is 1. The average molecular weight is 201 g/mol. The molecule has 0 radical (unpaired) electrons. The van der Waals surface area contributed by atoms with E-state index in [-0.39, 0.29) is 0 Å². The lowest BCUT2D eigenvalue weighted by molar-refractivity contribution is 1.28. The SMILES string of the molecule is Cc1cc2cc(Cl)nc(Cl)c2[nH]1. The molecular formula is C8H6Cl2N2. The van der Waals surface area contributed by atoms with Crippen molar-refractivity contribution in [1.82, 2.24) is 9.97 Å². The lowest BCUT2D eigenvalue weighted by atomic mass is 10.3. The number of hydrogen-bond acceptors (Lipinski definition) is 1. The van der Waals surface area contributed by atoms with E-state index in [0.29, 0.717) is 10.3 Å². The maximum absolute atomic E-state index is 5.85. The van der Waals surface area contributed by atoms with Gasteiger partial charge in [-0.2, -0.15) is 0 Å². The van der Waals surface area contributed by atoms with E-state index >= 15 is 0 Å². The van der Waals surface area contributed by atoms with Crippen molar-refractivity contribution in [3.8, 4) is 0 Å². The minimum absolute atomic E-state index is 0.422. The van der Waals surface area contributed by atoms with E-state index < -0.39 is 0 Å². The monoisotopic (exact) mass is 200 g/mol. The molecule has 0 aliphatic rings. The molecule has 0 unspecified atom stereocenters. The van der Waals surface area contributed by atoms with Crippen LogP contribution in [0.1, 0.15) is 5.69 Å². The maximum atomic E-state index is 5.85. The van der Waals surface area contributed by atoms with Crippen LogP contribution in [0.4, 0.5) is 0 Å². The van der Waals surface area contributed by atoms with Crippen LogP contribution in [-0.4, -0.2) is 9.97 Å². The summed E-state index contributed by atoms with van der Waals surface area (Å²) in [6.07, 6.45) is 0. The molecule has 62 valence electrons. The quantitative estimate of drug-likeness (QED) is 0.651. The van der Waals surface area contributed by atoms with Crippen molar-refractivity contribution >= 4 is 34.1 Å². The van der Waals surface area contributed by atoms with Gasteiger partial charge in [0.2, 0.25) is 0 Å². The predicted molar refractivity (Wildman–Crippen MR) is 50.9 cm³/mol. The van der Waals surface area contributed by atoms with E-state index in [1.54, 1.807) is 6.07 Å². The third-order valence-electron chi connectivity index (χ3n) is 1.67. The summed E-state index contributed by atoms with van der Waals surface area (Å²) >= 11 is 11.6. The summed E-state index contributed by atoms with van der Waals surface area (Å²) in [5.41, 5.74) is 1.90. The highest BCUT2D eigenvalue weighted by atomic mass is 35.5. The van der Waals surface area contributed by atoms with Crippen LogP contribution < -0.4 is 0 Å². The van der Waals surface area contributed by atoms with Crippen LogP contribution in [0.5, 0.6) is 0 Å². The summed E-state index contributed by atoms with van der Waals surface area (Å²) < 4.78 is 0. The van der Waals surface area contributed by atoms with Gasteiger partial charge < -0.3 is 4.98 Å². The fourth-order valence-electron chi connectivity index (χ4n) is 1.21. The predicted octanol–water partition coefficient (Wildman–Crippen LogP) is 3.18. The van der Waals surface area contributed by atoms with Gasteiger partial charge in [-0.25, -0.2) is 4.98 Å². The Balaban J connectivity index is 2.88. The number of aryl methyl sites for hydroxylation is 1. The third-order valence-corrected chi connectivity index (χ3v) is 2.14. The molecule has 2 aromatic heterocycles. The molecule has 0 bridgehead atoms. The molecule has 2 nitrogen and oxygen atoms in total. The lowest BCUT2D eigenvalue weighted by Crippen LogP contribution is -1.78. The van der Waals surface area contributed by atoms with Crippen LogP contribution in [0.3, 0.4) is 0 Å². The van der Waals surface area contributed by atoms with Crippen molar-refractivity contribution in [3.05, 3.63) is 28.1 Å². The number of aromatic nitrogens is 2. The number of rotatable bonds is 0. The second-order valence-electron chi connectivity index (χ2n) is 2.65. The minimum atomic E-state index is 0.422. The van der Waals surface area contributed by atoms with E-state index in [4.69, 9.17) is 23.2 Å². The first kappa shape index (κ1) is 7.90. The zero-order chi connectivity index (χ0) is 8.72. The average Bonchev–Trinajstić information content (AvgIpc) is 2.29. The lowest BCUT2D eigenvalue weighted by Gasteiger charge is -1.93. The smallest absolute Gasteiger partial charge is 0.154 e. The van der Waals surface area contributed by atoms with Crippen molar-refractivity contribution in [1.29, 1.82) is 0 Å². The molecule has 0 aliphatic heterocycles. The van der Waals surface area contributed by atoms with Crippen LogP contribution in [0.25, 0.3) is 10.9 Å². The number of pyridine rings is 1. The first-order valence-electron chi connectivity index (χ1n) is 3.48. The van der Waals surface area contributed by atoms with Crippen molar-refractivity contribution in [2.75, 3.05) is 0 Å². The van der Waals surface area contributed by atoms with Gasteiger partial charge in [0.1, 0.15) is 5.15 Å². The highest BCUT2D eigenvalue weighted by Gasteiger charge is 2.04. The number of fused-ring (bicyclic) bond motifs is 1. The molecule has 0 aromatic carbocycles. The molecule has 4 heteroatoms. The summed E-state index contributed by atoms with van der Waals surface area (Å²) in [4.78, 5) is 7.02. The number of aromatic amines is 1. The topological polar surface area (TPSA) is 28.7 Å². The Hall–Kier alpha value is -0.730. The van der Waals surface area contributed by atoms with Gasteiger partial charge in [0.05, 0.1) is 5.52 Å². The van der Waals surface area contributed by atoms with Crippen molar-refractivity contribution < 1.29 is 0 Å². The van der Waals surface area contributed by atoms with Gasteiger partial charge in [-0.1, -0.05) is 23.2 Å². The Kier molecular flexibility index (Phi) is 1.74. The second kappa shape index (κ2) is 2.64. The molecule has 0 spiro atoms. The van der Waals surface area contributed by atoms with Crippen molar-refractivity contribution in [3.63, 3.8) is 0 Å². The summed E-state index contributed by atoms with van der Waals surface area (Å²) in [6.45, 7) is 1.96. The van der Waals surface area contributed by atoms with E-state index in [1.165, 1.54) is 0 Å². The standard InChI is InChI=1S/C8H6Cl2N2/c1-4-2-5-3-6(9)12-8(10)7(5)11-4/h2-3,11H,1H3. The Morgan fingerprint density at radius 1 is 1.33 bits per heavy atom. The molecule has 0 saturated carbocycles. The van der Waals surface area contributed by atoms with Gasteiger partial charge >= 0.3 is 0 Å². The first-order chi connectivity index (χ1) is 5.66. The van der Waals surface area contributed by atoms with E-state index in [1.807, 2.05) is 13.0 Å². The highest BCUT2D eigenvalue weighted by molar-refractivity contribution is 6.36. The summed E-state index contributed by atoms with van der Waals surface area (Å²) in [6, 6.07) is 3.76. The van der Waals surface area contributed by atoms with Gasteiger partial charge in [0, 0.05) is 11.1 Å². The molecule has 0 aliphatic carbocycles. The van der Waals surface area contributed by atoms with Gasteiger partial charge in [-0.05, 0) is 19.1 Å². The van der Waals surface area contributed by atoms with E-state index in [2.05, 4.69) is 9.97 Å². The third kappa shape index (κ3) is 1.17. The largest absolute Gasteiger partial charge is 0.356 e. The number of hydrogen-bond donors (Lipinski definition) is 1. The summed E-state index contributed by atoms with van der Waals surface area (Å²) in [5, 5.41) is 1.84. The molecule has 12 heavy (non-hydrogen) atoms. The van der Waals surface area contributed by atoms with Gasteiger partial charge in [-0.3, -0.25) is 0 Å². The highest BCUT2D eigenvalue weighted by Crippen LogP contribution is 2.24. The summed E-state index contributed by atoms with van der Waals surface area (Å²) in [7, 11) is 0. The first-order valence-corrected chi connectivity index (χ1v) is 4.24. The zero-order valence-corrected chi connectivity index (χ0v) is 7.87. The van der Waals surface area contributed by atoms with Gasteiger partial charge in [0.15, 0.2) is 5.15 Å². The normalized spacial score (nSPS) is 10.9. The molecule has 2 aromatic rings. The molecule has 0 atom stereocenters. The molecule has 1 N–H and O–H groups in total. The molecule has 0 fully saturated rings. The second-order valence-corrected chi connectivity index (χ2v) is 3.40. The Labute approximate surface area is 79.5 Å². The molecular weight excluding hydrogens is 195 g/mol. The fourth-order valence-corrected chi connectivity index (χ4v) is 1.70. The van der Waals surface area contributed by atoms with E-state index in [9.17, 15) is 0 Å². The number of halogens is 2. The van der Waals surface area contributed by atoms with Crippen LogP contribution >= 0.6 is 23.2 Å². The Bertz CT molecular complexity index is 434. The Morgan fingerprint density at radius 3 is 2.83 bits per heavy atom. The summed E-state index contributed by atoms with van der Waals surface area (Å²) in [5.74, 6) is 0. The van der Waals surface area contributed by atoms with Crippen LogP contribution in [0.15, 0.2) is 12.1 Å². The fraction of sp³-hybridized carbons (Fsp3) is 0.125. The van der Waals surface area contributed by atoms with E-state index in [0.717, 1.165) is 16.6 Å². The van der Waals surface area contributed by atoms with Crippen molar-refractivity contribution in [2.45, 2.75) is 6.92 Å². The molecule has 2 rings (SSSR count). The van der Waals surface area contributed by atoms with Crippen LogP contribution in [0, 0.1) is 6.92 Å². The van der Waals surface area contributed by atoms with Crippen LogP contribution in [-0.2, 0) is 0 Å². The molecule has 2 heterocycles. The zero-order valence-electron chi connectivity index (χ0n) is 6.36. The van der Waals surface area contributed by atoms with Gasteiger partial charge in [-0.15, -0.1) is 0 Å². The maximum Gasteiger partial charge on any atom is 0.154 e. The minimum Gasteiger partial charge on any atom is -0.356 e. The number of nitrogens with one attached hydrogen (secondary N) is 1. The molecule has 0 saturated heterocycles. The Morgan fingerprint density at radius 2 is 2.08 bits per heavy atom. The number of nitrogens with zero attached hydrogens (tertiary/aromatic N) is 1. The van der Waals surface area contributed by atoms with Gasteiger partial charge in [0.25, 0.3) is 0 Å². The van der Waals surface area contributed by atoms with Crippen LogP contribution in [0.2, 0.25) is 10.3 Å².